The van der Waals surface area contributed by atoms with E-state index in [4.69, 9.17) is 4.74 Å². The first-order chi connectivity index (χ1) is 11.3. The molecule has 0 radical (unpaired) electrons. The van der Waals surface area contributed by atoms with Crippen molar-refractivity contribution in [1.82, 2.24) is 9.88 Å². The first-order valence-electron chi connectivity index (χ1n) is 7.96. The number of hydrogen-bond donors (Lipinski definition) is 1. The number of carbonyl (C=O) groups excluding carboxylic acids is 1. The first-order valence-corrected chi connectivity index (χ1v) is 7.96. The van der Waals surface area contributed by atoms with E-state index < -0.39 is 0 Å². The van der Waals surface area contributed by atoms with E-state index in [-0.39, 0.29) is 5.91 Å². The Bertz CT molecular complexity index is 664. The number of hydrogen-bond acceptors (Lipinski definition) is 4. The minimum Gasteiger partial charge on any atom is -0.378 e. The third-order valence-electron chi connectivity index (χ3n) is 3.96. The molecule has 0 unspecified atom stereocenters. The largest absolute Gasteiger partial charge is 0.378 e. The van der Waals surface area contributed by atoms with Crippen LogP contribution in [0, 0.1) is 0 Å². The Labute approximate surface area is 136 Å². The van der Waals surface area contributed by atoms with Gasteiger partial charge < -0.3 is 15.0 Å². The summed E-state index contributed by atoms with van der Waals surface area (Å²) in [4.78, 5) is 18.5. The summed E-state index contributed by atoms with van der Waals surface area (Å²) in [5, 5.41) is 3.36. The smallest absolute Gasteiger partial charge is 0.272 e. The van der Waals surface area contributed by atoms with Crippen molar-refractivity contribution in [1.29, 1.82) is 0 Å². The quantitative estimate of drug-likeness (QED) is 0.943. The zero-order valence-corrected chi connectivity index (χ0v) is 13.3. The third-order valence-corrected chi connectivity index (χ3v) is 3.96. The maximum atomic E-state index is 12.4. The first kappa shape index (κ1) is 15.5. The number of carbonyl (C=O) groups is 1. The number of aromatic nitrogens is 1. The zero-order valence-electron chi connectivity index (χ0n) is 13.3. The summed E-state index contributed by atoms with van der Waals surface area (Å²) in [6.07, 6.45) is 2.67. The van der Waals surface area contributed by atoms with Crippen molar-refractivity contribution in [2.45, 2.75) is 13.3 Å². The van der Waals surface area contributed by atoms with E-state index in [2.05, 4.69) is 23.3 Å². The van der Waals surface area contributed by atoms with E-state index >= 15 is 0 Å². The van der Waals surface area contributed by atoms with Gasteiger partial charge in [-0.15, -0.1) is 0 Å². The Hall–Kier alpha value is -2.40. The maximum absolute atomic E-state index is 12.4. The predicted molar refractivity (Wildman–Crippen MR) is 90.1 cm³/mol. The second-order valence-electron chi connectivity index (χ2n) is 5.47. The van der Waals surface area contributed by atoms with E-state index in [9.17, 15) is 4.79 Å². The van der Waals surface area contributed by atoms with Gasteiger partial charge in [0.1, 0.15) is 5.69 Å². The number of pyridine rings is 1. The highest BCUT2D eigenvalue weighted by Gasteiger charge is 2.19. The van der Waals surface area contributed by atoms with Crippen LogP contribution in [0.5, 0.6) is 0 Å². The van der Waals surface area contributed by atoms with Gasteiger partial charge in [-0.05, 0) is 30.2 Å². The van der Waals surface area contributed by atoms with E-state index in [0.717, 1.165) is 17.8 Å². The number of anilines is 2. The van der Waals surface area contributed by atoms with Crippen molar-refractivity contribution in [2.75, 3.05) is 31.6 Å². The number of nitrogens with one attached hydrogen (secondary N) is 1. The Kier molecular flexibility index (Phi) is 4.88. The van der Waals surface area contributed by atoms with Crippen molar-refractivity contribution in [3.05, 3.63) is 53.9 Å². The molecule has 0 spiro atoms. The molecule has 1 N–H and O–H groups in total. The summed E-state index contributed by atoms with van der Waals surface area (Å²) in [5.41, 5.74) is 3.68. The fourth-order valence-electron chi connectivity index (χ4n) is 2.63. The van der Waals surface area contributed by atoms with Crippen LogP contribution in [0.4, 0.5) is 11.4 Å². The van der Waals surface area contributed by atoms with Gasteiger partial charge in [0.15, 0.2) is 0 Å². The normalized spacial score (nSPS) is 14.6. The molecule has 1 aromatic carbocycles. The molecule has 5 nitrogen and oxygen atoms in total. The lowest BCUT2D eigenvalue weighted by Crippen LogP contribution is -2.41. The molecule has 5 heteroatoms. The van der Waals surface area contributed by atoms with Gasteiger partial charge in [-0.3, -0.25) is 4.79 Å². The topological polar surface area (TPSA) is 54.5 Å². The molecule has 0 bridgehead atoms. The Morgan fingerprint density at radius 2 is 2.00 bits per heavy atom. The summed E-state index contributed by atoms with van der Waals surface area (Å²) in [6, 6.07) is 11.9. The van der Waals surface area contributed by atoms with E-state index in [1.165, 1.54) is 5.56 Å². The number of aryl methyl sites for hydroxylation is 1. The SMILES string of the molecule is CCc1ccccc1Nc1ccc(C(=O)N2CCOCC2)nc1. The number of para-hydroxylation sites is 1. The number of ether oxygens (including phenoxy) is 1. The van der Waals surface area contributed by atoms with Gasteiger partial charge in [-0.2, -0.15) is 0 Å². The highest BCUT2D eigenvalue weighted by molar-refractivity contribution is 5.92. The van der Waals surface area contributed by atoms with Crippen LogP contribution in [-0.2, 0) is 11.2 Å². The highest BCUT2D eigenvalue weighted by Crippen LogP contribution is 2.21. The summed E-state index contributed by atoms with van der Waals surface area (Å²) >= 11 is 0. The Morgan fingerprint density at radius 1 is 1.22 bits per heavy atom. The van der Waals surface area contributed by atoms with Crippen LogP contribution < -0.4 is 5.32 Å². The third kappa shape index (κ3) is 3.68. The van der Waals surface area contributed by atoms with Gasteiger partial charge in [-0.1, -0.05) is 25.1 Å². The number of morpholine rings is 1. The second-order valence-corrected chi connectivity index (χ2v) is 5.47. The predicted octanol–water partition coefficient (Wildman–Crippen LogP) is 2.86. The van der Waals surface area contributed by atoms with Crippen molar-refractivity contribution in [3.63, 3.8) is 0 Å². The summed E-state index contributed by atoms with van der Waals surface area (Å²) in [5.74, 6) is -0.0335. The highest BCUT2D eigenvalue weighted by atomic mass is 16.5. The molecule has 0 atom stereocenters. The van der Waals surface area contributed by atoms with Gasteiger partial charge in [-0.25, -0.2) is 4.98 Å². The second kappa shape index (κ2) is 7.24. The molecule has 0 aliphatic carbocycles. The lowest BCUT2D eigenvalue weighted by Gasteiger charge is -2.26. The van der Waals surface area contributed by atoms with E-state index in [0.29, 0.717) is 32.0 Å². The van der Waals surface area contributed by atoms with Gasteiger partial charge in [0.2, 0.25) is 0 Å². The van der Waals surface area contributed by atoms with Crippen LogP contribution in [0.25, 0.3) is 0 Å². The fourth-order valence-corrected chi connectivity index (χ4v) is 2.63. The summed E-state index contributed by atoms with van der Waals surface area (Å²) < 4.78 is 5.27. The average Bonchev–Trinajstić information content (AvgIpc) is 2.63. The van der Waals surface area contributed by atoms with E-state index in [1.807, 2.05) is 24.3 Å². The molecule has 3 rings (SSSR count). The molecule has 1 aliphatic heterocycles. The maximum Gasteiger partial charge on any atom is 0.272 e. The standard InChI is InChI=1S/C18H21N3O2/c1-2-14-5-3-4-6-16(14)20-15-7-8-17(19-13-15)18(22)21-9-11-23-12-10-21/h3-8,13,20H,2,9-12H2,1H3. The summed E-state index contributed by atoms with van der Waals surface area (Å²) in [7, 11) is 0. The van der Waals surface area contributed by atoms with Crippen molar-refractivity contribution < 1.29 is 9.53 Å². The van der Waals surface area contributed by atoms with Crippen LogP contribution in [0.2, 0.25) is 0 Å². The van der Waals surface area contributed by atoms with E-state index in [1.54, 1.807) is 17.2 Å². The van der Waals surface area contributed by atoms with Gasteiger partial charge in [0, 0.05) is 18.8 Å². The molecule has 1 amide bonds. The van der Waals surface area contributed by atoms with Crippen molar-refractivity contribution in [2.24, 2.45) is 0 Å². The molecule has 1 aliphatic rings. The van der Waals surface area contributed by atoms with Crippen molar-refractivity contribution in [3.8, 4) is 0 Å². The molecule has 23 heavy (non-hydrogen) atoms. The molecular weight excluding hydrogens is 290 g/mol. The Balaban J connectivity index is 1.70. The number of nitrogens with zero attached hydrogens (tertiary/aromatic N) is 2. The van der Waals surface area contributed by atoms with Gasteiger partial charge in [0.05, 0.1) is 25.1 Å². The van der Waals surface area contributed by atoms with Crippen LogP contribution >= 0.6 is 0 Å². The molecule has 2 aromatic rings. The monoisotopic (exact) mass is 311 g/mol. The van der Waals surface area contributed by atoms with Crippen LogP contribution in [0.1, 0.15) is 23.0 Å². The van der Waals surface area contributed by atoms with Crippen LogP contribution in [0.15, 0.2) is 42.6 Å². The van der Waals surface area contributed by atoms with Gasteiger partial charge in [0.25, 0.3) is 5.91 Å². The lowest BCUT2D eigenvalue weighted by molar-refractivity contribution is 0.0299. The van der Waals surface area contributed by atoms with Crippen molar-refractivity contribution >= 4 is 17.3 Å². The molecule has 1 saturated heterocycles. The molecule has 0 saturated carbocycles. The molecular formula is C18H21N3O2. The summed E-state index contributed by atoms with van der Waals surface area (Å²) in [6.45, 7) is 4.58. The Morgan fingerprint density at radius 3 is 2.70 bits per heavy atom. The van der Waals surface area contributed by atoms with Crippen LogP contribution in [0.3, 0.4) is 0 Å². The molecule has 1 aromatic heterocycles. The van der Waals surface area contributed by atoms with Gasteiger partial charge >= 0.3 is 0 Å². The minimum absolute atomic E-state index is 0.0335. The molecule has 120 valence electrons. The zero-order chi connectivity index (χ0) is 16.1. The lowest BCUT2D eigenvalue weighted by atomic mass is 10.1. The number of benzene rings is 1. The fraction of sp³-hybridized carbons (Fsp3) is 0.333. The molecule has 1 fully saturated rings. The number of rotatable bonds is 4. The van der Waals surface area contributed by atoms with Crippen LogP contribution in [-0.4, -0.2) is 42.1 Å². The number of amides is 1. The molecule has 2 heterocycles. The average molecular weight is 311 g/mol. The minimum atomic E-state index is -0.0335.